The topological polar surface area (TPSA) is 52.9 Å². The highest BCUT2D eigenvalue weighted by atomic mass is 35.5. The summed E-state index contributed by atoms with van der Waals surface area (Å²) in [7, 11) is 0. The lowest BCUT2D eigenvalue weighted by Crippen LogP contribution is -2.46. The highest BCUT2D eigenvalue weighted by Crippen LogP contribution is 2.26. The van der Waals surface area contributed by atoms with Crippen LogP contribution in [0.25, 0.3) is 5.52 Å². The third-order valence-corrected chi connectivity index (χ3v) is 6.30. The van der Waals surface area contributed by atoms with Crippen LogP contribution in [0.3, 0.4) is 0 Å². The molecule has 0 bridgehead atoms. The van der Waals surface area contributed by atoms with Crippen LogP contribution >= 0.6 is 11.6 Å². The minimum absolute atomic E-state index is 0.0451. The molecule has 1 aliphatic rings. The summed E-state index contributed by atoms with van der Waals surface area (Å²) in [6.07, 6.45) is 4.90. The molecule has 0 spiro atoms. The Morgan fingerprint density at radius 3 is 2.65 bits per heavy atom. The van der Waals surface area contributed by atoms with Gasteiger partial charge in [0.25, 0.3) is 5.91 Å². The van der Waals surface area contributed by atoms with Gasteiger partial charge in [0.1, 0.15) is 0 Å². The summed E-state index contributed by atoms with van der Waals surface area (Å²) < 4.78 is 1.81. The third kappa shape index (κ3) is 5.20. The number of hydrogen-bond donors (Lipinski definition) is 1. The SMILES string of the molecule is Cc1cccc2c(C(=O)NCCCCCN3CCN(c4ccccc4Cl)CC3)cnn12. The number of nitrogens with one attached hydrogen (secondary N) is 1. The second kappa shape index (κ2) is 10.2. The van der Waals surface area contributed by atoms with E-state index >= 15 is 0 Å². The second-order valence-electron chi connectivity index (χ2n) is 8.12. The fraction of sp³-hybridized carbons (Fsp3) is 0.417. The van der Waals surface area contributed by atoms with E-state index in [2.05, 4.69) is 26.3 Å². The number of benzene rings is 1. The van der Waals surface area contributed by atoms with Crippen LogP contribution in [-0.2, 0) is 0 Å². The van der Waals surface area contributed by atoms with Crippen molar-refractivity contribution in [3.8, 4) is 0 Å². The molecule has 0 radical (unpaired) electrons. The molecule has 1 aromatic carbocycles. The molecule has 0 unspecified atom stereocenters. The standard InChI is InChI=1S/C24H30ClN5O/c1-19-8-7-11-22-20(18-27-30(19)22)24(31)26-12-5-2-6-13-28-14-16-29(17-15-28)23-10-4-3-9-21(23)25/h3-4,7-11,18H,2,5-6,12-17H2,1H3,(H,26,31). The van der Waals surface area contributed by atoms with Gasteiger partial charge >= 0.3 is 0 Å². The van der Waals surface area contributed by atoms with Gasteiger partial charge in [0.15, 0.2) is 0 Å². The Kier molecular flexibility index (Phi) is 7.10. The summed E-state index contributed by atoms with van der Waals surface area (Å²) in [5.74, 6) is -0.0451. The summed E-state index contributed by atoms with van der Waals surface area (Å²) in [6.45, 7) is 7.95. The maximum Gasteiger partial charge on any atom is 0.255 e. The molecule has 0 saturated carbocycles. The molecule has 0 atom stereocenters. The lowest BCUT2D eigenvalue weighted by molar-refractivity contribution is 0.0954. The molecule has 1 amide bonds. The number of hydrogen-bond acceptors (Lipinski definition) is 4. The summed E-state index contributed by atoms with van der Waals surface area (Å²) in [5.41, 5.74) is 3.65. The van der Waals surface area contributed by atoms with E-state index in [9.17, 15) is 4.79 Å². The Hall–Kier alpha value is -2.57. The van der Waals surface area contributed by atoms with Crippen molar-refractivity contribution in [1.82, 2.24) is 19.8 Å². The minimum atomic E-state index is -0.0451. The van der Waals surface area contributed by atoms with E-state index in [1.165, 1.54) is 0 Å². The van der Waals surface area contributed by atoms with Gasteiger partial charge in [0.2, 0.25) is 0 Å². The quantitative estimate of drug-likeness (QED) is 0.538. The van der Waals surface area contributed by atoms with E-state index in [1.54, 1.807) is 10.7 Å². The van der Waals surface area contributed by atoms with Crippen LogP contribution in [0.5, 0.6) is 0 Å². The van der Waals surface area contributed by atoms with E-state index in [1.807, 2.05) is 43.3 Å². The highest BCUT2D eigenvalue weighted by molar-refractivity contribution is 6.33. The smallest absolute Gasteiger partial charge is 0.255 e. The molecule has 3 heterocycles. The lowest BCUT2D eigenvalue weighted by atomic mass is 10.2. The number of anilines is 1. The number of nitrogens with zero attached hydrogens (tertiary/aromatic N) is 4. The first-order chi connectivity index (χ1) is 15.1. The van der Waals surface area contributed by atoms with Gasteiger partial charge in [-0.1, -0.05) is 36.2 Å². The molecule has 1 fully saturated rings. The Balaban J connectivity index is 1.13. The van der Waals surface area contributed by atoms with Crippen LogP contribution in [0.15, 0.2) is 48.7 Å². The van der Waals surface area contributed by atoms with E-state index in [0.29, 0.717) is 12.1 Å². The van der Waals surface area contributed by atoms with E-state index < -0.39 is 0 Å². The van der Waals surface area contributed by atoms with Crippen LogP contribution in [0.1, 0.15) is 35.3 Å². The van der Waals surface area contributed by atoms with Gasteiger partial charge in [0.05, 0.1) is 28.0 Å². The largest absolute Gasteiger partial charge is 0.368 e. The summed E-state index contributed by atoms with van der Waals surface area (Å²) >= 11 is 6.33. The van der Waals surface area contributed by atoms with Crippen LogP contribution in [0.2, 0.25) is 5.02 Å². The first kappa shape index (κ1) is 21.7. The van der Waals surface area contributed by atoms with Crippen molar-refractivity contribution in [2.45, 2.75) is 26.2 Å². The number of unbranched alkanes of at least 4 members (excludes halogenated alkanes) is 2. The Morgan fingerprint density at radius 2 is 1.84 bits per heavy atom. The molecule has 164 valence electrons. The number of halogens is 1. The number of carbonyl (C=O) groups is 1. The first-order valence-electron chi connectivity index (χ1n) is 11.1. The zero-order valence-corrected chi connectivity index (χ0v) is 18.8. The van der Waals surface area contributed by atoms with Gasteiger partial charge in [-0.25, -0.2) is 4.52 Å². The minimum Gasteiger partial charge on any atom is -0.368 e. The number of amides is 1. The Morgan fingerprint density at radius 1 is 1.03 bits per heavy atom. The van der Waals surface area contributed by atoms with Crippen molar-refractivity contribution >= 4 is 28.7 Å². The average molecular weight is 440 g/mol. The molecular formula is C24H30ClN5O. The molecule has 6 nitrogen and oxygen atoms in total. The van der Waals surface area contributed by atoms with E-state index in [4.69, 9.17) is 11.6 Å². The fourth-order valence-corrected chi connectivity index (χ4v) is 4.43. The number of carbonyl (C=O) groups excluding carboxylic acids is 1. The van der Waals surface area contributed by atoms with Gasteiger partial charge in [-0.05, 0) is 50.6 Å². The van der Waals surface area contributed by atoms with Crippen LogP contribution in [0.4, 0.5) is 5.69 Å². The maximum absolute atomic E-state index is 12.5. The van der Waals surface area contributed by atoms with Crippen LogP contribution in [0, 0.1) is 6.92 Å². The van der Waals surface area contributed by atoms with Gasteiger partial charge in [-0.2, -0.15) is 5.10 Å². The second-order valence-corrected chi connectivity index (χ2v) is 8.53. The molecule has 7 heteroatoms. The van der Waals surface area contributed by atoms with Crippen molar-refractivity contribution in [2.24, 2.45) is 0 Å². The third-order valence-electron chi connectivity index (χ3n) is 5.98. The molecule has 31 heavy (non-hydrogen) atoms. The number of aromatic nitrogens is 2. The number of rotatable bonds is 8. The molecule has 4 rings (SSSR count). The maximum atomic E-state index is 12.5. The van der Waals surface area contributed by atoms with Crippen molar-refractivity contribution in [2.75, 3.05) is 44.2 Å². The normalized spacial score (nSPS) is 14.8. The zero-order valence-electron chi connectivity index (χ0n) is 18.1. The van der Waals surface area contributed by atoms with Crippen molar-refractivity contribution in [1.29, 1.82) is 0 Å². The highest BCUT2D eigenvalue weighted by Gasteiger charge is 2.18. The van der Waals surface area contributed by atoms with Crippen molar-refractivity contribution in [3.63, 3.8) is 0 Å². The average Bonchev–Trinajstić information content (AvgIpc) is 3.22. The van der Waals surface area contributed by atoms with Gasteiger partial charge in [-0.3, -0.25) is 9.69 Å². The van der Waals surface area contributed by atoms with Crippen LogP contribution < -0.4 is 10.2 Å². The van der Waals surface area contributed by atoms with Gasteiger partial charge in [-0.15, -0.1) is 0 Å². The van der Waals surface area contributed by atoms with Crippen molar-refractivity contribution in [3.05, 3.63) is 64.9 Å². The predicted octanol–water partition coefficient (Wildman–Crippen LogP) is 4.02. The Bertz CT molecular complexity index is 1030. The molecule has 2 aromatic heterocycles. The number of piperazine rings is 1. The van der Waals surface area contributed by atoms with Crippen molar-refractivity contribution < 1.29 is 4.79 Å². The fourth-order valence-electron chi connectivity index (χ4n) is 4.18. The summed E-state index contributed by atoms with van der Waals surface area (Å²) in [6, 6.07) is 13.9. The predicted molar refractivity (Wildman–Crippen MR) is 126 cm³/mol. The number of aryl methyl sites for hydroxylation is 1. The molecule has 0 aliphatic carbocycles. The molecule has 1 saturated heterocycles. The number of fused-ring (bicyclic) bond motifs is 1. The van der Waals surface area contributed by atoms with Crippen LogP contribution in [-0.4, -0.2) is 59.7 Å². The lowest BCUT2D eigenvalue weighted by Gasteiger charge is -2.36. The zero-order chi connectivity index (χ0) is 21.6. The van der Waals surface area contributed by atoms with E-state index in [-0.39, 0.29) is 5.91 Å². The molecular weight excluding hydrogens is 410 g/mol. The monoisotopic (exact) mass is 439 g/mol. The summed E-state index contributed by atoms with van der Waals surface area (Å²) in [4.78, 5) is 17.4. The molecule has 1 N–H and O–H groups in total. The summed E-state index contributed by atoms with van der Waals surface area (Å²) in [5, 5.41) is 8.19. The Labute approximate surface area is 188 Å². The number of para-hydroxylation sites is 1. The van der Waals surface area contributed by atoms with Gasteiger partial charge < -0.3 is 10.2 Å². The van der Waals surface area contributed by atoms with E-state index in [0.717, 1.165) is 73.9 Å². The number of pyridine rings is 1. The first-order valence-corrected chi connectivity index (χ1v) is 11.4. The molecule has 3 aromatic rings. The van der Waals surface area contributed by atoms with Gasteiger partial charge in [0, 0.05) is 38.4 Å². The molecule has 1 aliphatic heterocycles.